The molecule has 0 radical (unpaired) electrons. The first-order chi connectivity index (χ1) is 3.39. The molecule has 0 aromatic carbocycles. The van der Waals surface area contributed by atoms with Gasteiger partial charge in [0, 0.05) is 20.0 Å². The van der Waals surface area contributed by atoms with Gasteiger partial charge < -0.3 is 4.90 Å². The minimum atomic E-state index is 1.14. The SMILES string of the molecule is CN1C=[C+]CCC1. The van der Waals surface area contributed by atoms with Crippen molar-refractivity contribution in [3.05, 3.63) is 12.3 Å². The van der Waals surface area contributed by atoms with E-state index in [4.69, 9.17) is 0 Å². The van der Waals surface area contributed by atoms with Crippen LogP contribution in [-0.2, 0) is 0 Å². The topological polar surface area (TPSA) is 3.24 Å². The van der Waals surface area contributed by atoms with Gasteiger partial charge in [-0.1, -0.05) is 0 Å². The normalized spacial score (nSPS) is 19.3. The van der Waals surface area contributed by atoms with E-state index in [1.165, 1.54) is 13.0 Å². The largest absolute Gasteiger partial charge is 0.338 e. The van der Waals surface area contributed by atoms with Gasteiger partial charge in [0.1, 0.15) is 0 Å². The molecule has 1 heteroatoms. The summed E-state index contributed by atoms with van der Waals surface area (Å²) < 4.78 is 0. The van der Waals surface area contributed by atoms with Crippen molar-refractivity contribution in [2.75, 3.05) is 13.6 Å². The quantitative estimate of drug-likeness (QED) is 0.407. The number of hydrogen-bond acceptors (Lipinski definition) is 1. The summed E-state index contributed by atoms with van der Waals surface area (Å²) in [5.41, 5.74) is 0. The Morgan fingerprint density at radius 3 is 2.86 bits per heavy atom. The molecule has 0 spiro atoms. The Bertz CT molecular complexity index is 76.2. The lowest BCUT2D eigenvalue weighted by atomic mass is 10.2. The Labute approximate surface area is 44.6 Å². The molecule has 0 aromatic rings. The Morgan fingerprint density at radius 1 is 1.71 bits per heavy atom. The monoisotopic (exact) mass is 96.1 g/mol. The molecule has 0 unspecified atom stereocenters. The maximum absolute atomic E-state index is 3.14. The predicted molar refractivity (Wildman–Crippen MR) is 29.7 cm³/mol. The van der Waals surface area contributed by atoms with E-state index in [0.29, 0.717) is 0 Å². The van der Waals surface area contributed by atoms with Crippen molar-refractivity contribution in [1.29, 1.82) is 0 Å². The Kier molecular flexibility index (Phi) is 1.28. The van der Waals surface area contributed by atoms with Crippen molar-refractivity contribution in [1.82, 2.24) is 4.90 Å². The molecule has 0 atom stereocenters. The molecule has 1 rings (SSSR count). The molecule has 0 saturated heterocycles. The van der Waals surface area contributed by atoms with Gasteiger partial charge in [-0.3, -0.25) is 0 Å². The van der Waals surface area contributed by atoms with Crippen molar-refractivity contribution in [2.45, 2.75) is 12.8 Å². The van der Waals surface area contributed by atoms with Crippen molar-refractivity contribution < 1.29 is 0 Å². The van der Waals surface area contributed by atoms with E-state index < -0.39 is 0 Å². The highest BCUT2D eigenvalue weighted by Gasteiger charge is 2.05. The van der Waals surface area contributed by atoms with Crippen molar-refractivity contribution >= 4 is 0 Å². The maximum atomic E-state index is 3.14. The van der Waals surface area contributed by atoms with E-state index in [1.807, 2.05) is 6.20 Å². The first kappa shape index (κ1) is 4.61. The number of allylic oxidation sites excluding steroid dienone is 1. The molecule has 0 N–H and O–H groups in total. The fraction of sp³-hybridized carbons (Fsp3) is 0.667. The minimum absolute atomic E-state index is 1.14. The molecule has 1 aliphatic rings. The van der Waals surface area contributed by atoms with Crippen LogP contribution in [0.25, 0.3) is 0 Å². The third-order valence-corrected chi connectivity index (χ3v) is 1.14. The fourth-order valence-corrected chi connectivity index (χ4v) is 0.715. The van der Waals surface area contributed by atoms with Crippen LogP contribution in [0.1, 0.15) is 12.8 Å². The van der Waals surface area contributed by atoms with Crippen LogP contribution < -0.4 is 0 Å². The second-order valence-electron chi connectivity index (χ2n) is 1.92. The maximum Gasteiger partial charge on any atom is 0.243 e. The van der Waals surface area contributed by atoms with Crippen LogP contribution >= 0.6 is 0 Å². The standard InChI is InChI=1S/C6H10N/c1-7-5-3-2-4-6-7/h6H,2-3,5H2,1H3/q+1. The zero-order valence-electron chi connectivity index (χ0n) is 4.65. The smallest absolute Gasteiger partial charge is 0.243 e. The molecular weight excluding hydrogens is 86.1 g/mol. The molecule has 38 valence electrons. The van der Waals surface area contributed by atoms with Gasteiger partial charge in [0.05, 0.1) is 0 Å². The van der Waals surface area contributed by atoms with Crippen LogP contribution in [-0.4, -0.2) is 18.5 Å². The molecule has 0 amide bonds. The molecule has 0 saturated carbocycles. The lowest BCUT2D eigenvalue weighted by molar-refractivity contribution is 0.421. The molecule has 0 bridgehead atoms. The molecule has 0 fully saturated rings. The van der Waals surface area contributed by atoms with E-state index in [0.717, 1.165) is 6.42 Å². The van der Waals surface area contributed by atoms with Crippen molar-refractivity contribution in [3.63, 3.8) is 0 Å². The summed E-state index contributed by atoms with van der Waals surface area (Å²) in [4.78, 5) is 2.16. The summed E-state index contributed by atoms with van der Waals surface area (Å²) in [5.74, 6) is 0. The first-order valence-electron chi connectivity index (χ1n) is 2.66. The van der Waals surface area contributed by atoms with Crippen LogP contribution in [0.15, 0.2) is 6.20 Å². The molecule has 0 aliphatic carbocycles. The third-order valence-electron chi connectivity index (χ3n) is 1.14. The second-order valence-corrected chi connectivity index (χ2v) is 1.92. The van der Waals surface area contributed by atoms with Gasteiger partial charge in [0.2, 0.25) is 12.3 Å². The summed E-state index contributed by atoms with van der Waals surface area (Å²) in [5, 5.41) is 0. The van der Waals surface area contributed by atoms with Crippen molar-refractivity contribution in [3.8, 4) is 0 Å². The predicted octanol–water partition coefficient (Wildman–Crippen LogP) is 1.03. The molecule has 1 aliphatic heterocycles. The van der Waals surface area contributed by atoms with Crippen LogP contribution in [0.3, 0.4) is 0 Å². The van der Waals surface area contributed by atoms with E-state index in [-0.39, 0.29) is 0 Å². The van der Waals surface area contributed by atoms with Gasteiger partial charge >= 0.3 is 0 Å². The fourth-order valence-electron chi connectivity index (χ4n) is 0.715. The summed E-state index contributed by atoms with van der Waals surface area (Å²) in [6.07, 6.45) is 7.57. The van der Waals surface area contributed by atoms with E-state index in [9.17, 15) is 0 Å². The zero-order valence-corrected chi connectivity index (χ0v) is 4.65. The Balaban J connectivity index is 2.36. The average molecular weight is 96.2 g/mol. The minimum Gasteiger partial charge on any atom is -0.338 e. The lowest BCUT2D eigenvalue weighted by Gasteiger charge is -2.08. The van der Waals surface area contributed by atoms with Gasteiger partial charge in [0.25, 0.3) is 0 Å². The third kappa shape index (κ3) is 1.17. The summed E-state index contributed by atoms with van der Waals surface area (Å²) >= 11 is 0. The Morgan fingerprint density at radius 2 is 2.57 bits per heavy atom. The highest BCUT2D eigenvalue weighted by atomic mass is 15.1. The van der Waals surface area contributed by atoms with E-state index in [1.54, 1.807) is 0 Å². The van der Waals surface area contributed by atoms with Gasteiger partial charge in [-0.25, -0.2) is 0 Å². The van der Waals surface area contributed by atoms with Crippen LogP contribution in [0.2, 0.25) is 0 Å². The van der Waals surface area contributed by atoms with Crippen LogP contribution in [0.4, 0.5) is 0 Å². The molecule has 0 aromatic heterocycles. The Hall–Kier alpha value is -0.550. The summed E-state index contributed by atoms with van der Waals surface area (Å²) in [6.45, 7) is 1.20. The van der Waals surface area contributed by atoms with Gasteiger partial charge in [-0.2, -0.15) is 0 Å². The lowest BCUT2D eigenvalue weighted by Crippen LogP contribution is -2.14. The molecule has 1 heterocycles. The number of rotatable bonds is 0. The van der Waals surface area contributed by atoms with Crippen LogP contribution in [0.5, 0.6) is 0 Å². The van der Waals surface area contributed by atoms with Crippen molar-refractivity contribution in [2.24, 2.45) is 0 Å². The summed E-state index contributed by atoms with van der Waals surface area (Å²) in [7, 11) is 2.08. The second kappa shape index (κ2) is 1.94. The molecular formula is C6H10N+. The van der Waals surface area contributed by atoms with Crippen LogP contribution in [0, 0.1) is 6.08 Å². The average Bonchev–Trinajstić information content (AvgIpc) is 1.69. The zero-order chi connectivity index (χ0) is 5.11. The van der Waals surface area contributed by atoms with Gasteiger partial charge in [-0.15, -0.1) is 0 Å². The molecule has 1 nitrogen and oxygen atoms in total. The van der Waals surface area contributed by atoms with E-state index in [2.05, 4.69) is 18.0 Å². The van der Waals surface area contributed by atoms with Gasteiger partial charge in [0.15, 0.2) is 6.42 Å². The van der Waals surface area contributed by atoms with E-state index >= 15 is 0 Å². The number of nitrogens with zero attached hydrogens (tertiary/aromatic N) is 1. The number of hydrogen-bond donors (Lipinski definition) is 0. The van der Waals surface area contributed by atoms with Gasteiger partial charge in [-0.05, 0) is 0 Å². The highest BCUT2D eigenvalue weighted by molar-refractivity contribution is 4.78. The summed E-state index contributed by atoms with van der Waals surface area (Å²) in [6, 6.07) is 0. The first-order valence-corrected chi connectivity index (χ1v) is 2.66. The highest BCUT2D eigenvalue weighted by Crippen LogP contribution is 1.99. The molecule has 7 heavy (non-hydrogen) atoms.